The quantitative estimate of drug-likeness (QED) is 0.913. The van der Waals surface area contributed by atoms with Crippen molar-refractivity contribution in [2.24, 2.45) is 0 Å². The summed E-state index contributed by atoms with van der Waals surface area (Å²) in [7, 11) is 1.76. The molecule has 0 amide bonds. The summed E-state index contributed by atoms with van der Waals surface area (Å²) in [5, 5.41) is 5.93. The molecule has 0 atom stereocenters. The van der Waals surface area contributed by atoms with E-state index in [2.05, 4.69) is 36.5 Å². The highest BCUT2D eigenvalue weighted by atomic mass is 79.9. The van der Waals surface area contributed by atoms with E-state index in [1.165, 1.54) is 18.5 Å². The van der Waals surface area contributed by atoms with Crippen LogP contribution in [0.5, 0.6) is 0 Å². The van der Waals surface area contributed by atoms with Crippen molar-refractivity contribution in [2.75, 3.05) is 17.7 Å². The molecule has 0 bridgehead atoms. The Kier molecular flexibility index (Phi) is 3.53. The summed E-state index contributed by atoms with van der Waals surface area (Å²) < 4.78 is 13.7. The smallest absolute Gasteiger partial charge is 0.150 e. The Bertz CT molecular complexity index is 533. The molecule has 1 aromatic carbocycles. The molecule has 0 fully saturated rings. The Morgan fingerprint density at radius 1 is 1.24 bits per heavy atom. The lowest BCUT2D eigenvalue weighted by molar-refractivity contribution is 0.628. The van der Waals surface area contributed by atoms with Crippen LogP contribution in [-0.2, 0) is 0 Å². The molecule has 2 aromatic rings. The molecule has 2 N–H and O–H groups in total. The third-order valence-electron chi connectivity index (χ3n) is 2.11. The molecule has 1 heterocycles. The van der Waals surface area contributed by atoms with Crippen LogP contribution in [0.1, 0.15) is 0 Å². The predicted octanol–water partition coefficient (Wildman–Crippen LogP) is 3.16. The summed E-state index contributed by atoms with van der Waals surface area (Å²) in [4.78, 5) is 8.11. The third-order valence-corrected chi connectivity index (χ3v) is 2.86. The van der Waals surface area contributed by atoms with Gasteiger partial charge in [0, 0.05) is 12.7 Å². The molecular formula is C11H10BrFN4. The van der Waals surface area contributed by atoms with E-state index in [1.54, 1.807) is 19.2 Å². The fourth-order valence-electron chi connectivity index (χ4n) is 1.33. The van der Waals surface area contributed by atoms with E-state index in [0.29, 0.717) is 21.8 Å². The standard InChI is InChI=1S/C11H10BrFN4/c1-14-10-9(12)11(16-6-15-10)17-8-4-2-3-7(13)5-8/h2-6H,1H3,(H2,14,15,16,17). The van der Waals surface area contributed by atoms with Crippen LogP contribution >= 0.6 is 15.9 Å². The van der Waals surface area contributed by atoms with E-state index < -0.39 is 0 Å². The van der Waals surface area contributed by atoms with Crippen molar-refractivity contribution in [3.8, 4) is 0 Å². The summed E-state index contributed by atoms with van der Waals surface area (Å²) in [5.74, 6) is 0.947. The molecule has 0 aliphatic rings. The molecule has 17 heavy (non-hydrogen) atoms. The molecule has 0 unspecified atom stereocenters. The summed E-state index contributed by atoms with van der Waals surface area (Å²) in [6, 6.07) is 6.18. The predicted molar refractivity (Wildman–Crippen MR) is 69.0 cm³/mol. The van der Waals surface area contributed by atoms with Gasteiger partial charge >= 0.3 is 0 Å². The Balaban J connectivity index is 2.30. The van der Waals surface area contributed by atoms with Gasteiger partial charge in [0.2, 0.25) is 0 Å². The van der Waals surface area contributed by atoms with Crippen LogP contribution in [-0.4, -0.2) is 17.0 Å². The molecule has 1 aromatic heterocycles. The van der Waals surface area contributed by atoms with Gasteiger partial charge in [-0.25, -0.2) is 14.4 Å². The van der Waals surface area contributed by atoms with E-state index in [0.717, 1.165) is 0 Å². The number of hydrogen-bond donors (Lipinski definition) is 2. The third kappa shape index (κ3) is 2.71. The largest absolute Gasteiger partial charge is 0.372 e. The Morgan fingerprint density at radius 2 is 2.00 bits per heavy atom. The minimum atomic E-state index is -0.297. The Hall–Kier alpha value is -1.69. The zero-order chi connectivity index (χ0) is 12.3. The van der Waals surface area contributed by atoms with Gasteiger partial charge in [0.05, 0.1) is 0 Å². The van der Waals surface area contributed by atoms with Gasteiger partial charge in [-0.2, -0.15) is 0 Å². The molecule has 0 saturated heterocycles. The van der Waals surface area contributed by atoms with Crippen LogP contribution in [0.2, 0.25) is 0 Å². The van der Waals surface area contributed by atoms with E-state index in [4.69, 9.17) is 0 Å². The number of nitrogens with one attached hydrogen (secondary N) is 2. The van der Waals surface area contributed by atoms with Gasteiger partial charge in [-0.05, 0) is 34.1 Å². The molecule has 0 saturated carbocycles. The number of aromatic nitrogens is 2. The van der Waals surface area contributed by atoms with E-state index in [-0.39, 0.29) is 5.82 Å². The van der Waals surface area contributed by atoms with Gasteiger partial charge in [-0.15, -0.1) is 0 Å². The highest BCUT2D eigenvalue weighted by Crippen LogP contribution is 2.28. The zero-order valence-corrected chi connectivity index (χ0v) is 10.6. The highest BCUT2D eigenvalue weighted by molar-refractivity contribution is 9.10. The number of nitrogens with zero attached hydrogens (tertiary/aromatic N) is 2. The maximum absolute atomic E-state index is 13.0. The van der Waals surface area contributed by atoms with Crippen molar-refractivity contribution in [2.45, 2.75) is 0 Å². The maximum Gasteiger partial charge on any atom is 0.150 e. The second kappa shape index (κ2) is 5.09. The fraction of sp³-hybridized carbons (Fsp3) is 0.0909. The second-order valence-corrected chi connectivity index (χ2v) is 4.06. The first-order valence-corrected chi connectivity index (χ1v) is 5.71. The number of hydrogen-bond acceptors (Lipinski definition) is 4. The van der Waals surface area contributed by atoms with Crippen LogP contribution < -0.4 is 10.6 Å². The average molecular weight is 297 g/mol. The van der Waals surface area contributed by atoms with Crippen molar-refractivity contribution in [1.29, 1.82) is 0 Å². The number of rotatable bonds is 3. The molecule has 88 valence electrons. The van der Waals surface area contributed by atoms with Gasteiger partial charge in [0.1, 0.15) is 28.3 Å². The summed E-state index contributed by atoms with van der Waals surface area (Å²) in [6.07, 6.45) is 1.43. The minimum Gasteiger partial charge on any atom is -0.372 e. The molecule has 0 aliphatic heterocycles. The zero-order valence-electron chi connectivity index (χ0n) is 9.04. The molecule has 0 spiro atoms. The minimum absolute atomic E-state index is 0.297. The van der Waals surface area contributed by atoms with Crippen molar-refractivity contribution >= 4 is 33.3 Å². The van der Waals surface area contributed by atoms with Crippen LogP contribution in [0.3, 0.4) is 0 Å². The van der Waals surface area contributed by atoms with Gasteiger partial charge in [0.25, 0.3) is 0 Å². The van der Waals surface area contributed by atoms with Crippen molar-refractivity contribution in [1.82, 2.24) is 9.97 Å². The Labute approximate surface area is 106 Å². The number of halogens is 2. The van der Waals surface area contributed by atoms with Crippen LogP contribution in [0.15, 0.2) is 35.1 Å². The molecule has 6 heteroatoms. The Morgan fingerprint density at radius 3 is 2.71 bits per heavy atom. The lowest BCUT2D eigenvalue weighted by Gasteiger charge is -2.09. The van der Waals surface area contributed by atoms with E-state index in [1.807, 2.05) is 0 Å². The fourth-order valence-corrected chi connectivity index (χ4v) is 1.84. The normalized spacial score (nSPS) is 10.1. The lowest BCUT2D eigenvalue weighted by Crippen LogP contribution is -2.00. The topological polar surface area (TPSA) is 49.8 Å². The van der Waals surface area contributed by atoms with Crippen LogP contribution in [0.25, 0.3) is 0 Å². The first kappa shape index (κ1) is 11.8. The van der Waals surface area contributed by atoms with E-state index in [9.17, 15) is 4.39 Å². The molecule has 0 aliphatic carbocycles. The van der Waals surface area contributed by atoms with Gasteiger partial charge in [0.15, 0.2) is 0 Å². The first-order chi connectivity index (χ1) is 8.20. The van der Waals surface area contributed by atoms with Gasteiger partial charge in [-0.1, -0.05) is 6.07 Å². The summed E-state index contributed by atoms with van der Waals surface area (Å²) in [6.45, 7) is 0. The summed E-state index contributed by atoms with van der Waals surface area (Å²) in [5.41, 5.74) is 0.631. The average Bonchev–Trinajstić information content (AvgIpc) is 2.32. The SMILES string of the molecule is CNc1ncnc(Nc2cccc(F)c2)c1Br. The molecular weight excluding hydrogens is 287 g/mol. The molecule has 0 radical (unpaired) electrons. The number of benzene rings is 1. The maximum atomic E-state index is 13.0. The molecule has 4 nitrogen and oxygen atoms in total. The van der Waals surface area contributed by atoms with Crippen molar-refractivity contribution in [3.05, 3.63) is 40.9 Å². The second-order valence-electron chi connectivity index (χ2n) is 3.27. The van der Waals surface area contributed by atoms with E-state index >= 15 is 0 Å². The van der Waals surface area contributed by atoms with Crippen LogP contribution in [0, 0.1) is 5.82 Å². The van der Waals surface area contributed by atoms with Gasteiger partial charge < -0.3 is 10.6 Å². The summed E-state index contributed by atoms with van der Waals surface area (Å²) >= 11 is 3.37. The number of anilines is 3. The highest BCUT2D eigenvalue weighted by Gasteiger charge is 2.07. The van der Waals surface area contributed by atoms with Crippen LogP contribution in [0.4, 0.5) is 21.7 Å². The lowest BCUT2D eigenvalue weighted by atomic mass is 10.3. The first-order valence-electron chi connectivity index (χ1n) is 4.91. The monoisotopic (exact) mass is 296 g/mol. The molecule has 2 rings (SSSR count). The van der Waals surface area contributed by atoms with Crippen molar-refractivity contribution in [3.63, 3.8) is 0 Å². The van der Waals surface area contributed by atoms with Gasteiger partial charge in [-0.3, -0.25) is 0 Å². The van der Waals surface area contributed by atoms with Crippen molar-refractivity contribution < 1.29 is 4.39 Å².